The Morgan fingerprint density at radius 2 is 2.27 bits per heavy atom. The van der Waals surface area contributed by atoms with E-state index in [4.69, 9.17) is 17.3 Å². The number of carbonyl (C=O) groups is 1. The standard InChI is InChI=1S/C8H13NO2/c1-2-3-4-7(5-6-9)8(10)11/h1,7H,3-6,9H2,(H,10,11). The highest BCUT2D eigenvalue weighted by atomic mass is 16.4. The van der Waals surface area contributed by atoms with Gasteiger partial charge in [-0.25, -0.2) is 0 Å². The van der Waals surface area contributed by atoms with E-state index in [0.717, 1.165) is 0 Å². The lowest BCUT2D eigenvalue weighted by molar-refractivity contribution is -0.142. The molecular formula is C8H13NO2. The maximum Gasteiger partial charge on any atom is 0.306 e. The fourth-order valence-electron chi connectivity index (χ4n) is 0.850. The van der Waals surface area contributed by atoms with E-state index in [1.165, 1.54) is 0 Å². The van der Waals surface area contributed by atoms with Crippen LogP contribution in [0.25, 0.3) is 0 Å². The lowest BCUT2D eigenvalue weighted by Crippen LogP contribution is -2.17. The first-order valence-electron chi connectivity index (χ1n) is 3.58. The van der Waals surface area contributed by atoms with Crippen LogP contribution in [0.1, 0.15) is 19.3 Å². The lowest BCUT2D eigenvalue weighted by atomic mass is 10.0. The highest BCUT2D eigenvalue weighted by Gasteiger charge is 2.14. The normalized spacial score (nSPS) is 12.0. The van der Waals surface area contributed by atoms with E-state index < -0.39 is 5.97 Å². The molecule has 0 saturated heterocycles. The van der Waals surface area contributed by atoms with Crippen LogP contribution in [0.4, 0.5) is 0 Å². The van der Waals surface area contributed by atoms with Crippen molar-refractivity contribution in [2.75, 3.05) is 6.54 Å². The van der Waals surface area contributed by atoms with Crippen LogP contribution in [0.15, 0.2) is 0 Å². The molecule has 1 atom stereocenters. The smallest absolute Gasteiger partial charge is 0.306 e. The fraction of sp³-hybridized carbons (Fsp3) is 0.625. The first kappa shape index (κ1) is 9.99. The molecule has 0 fully saturated rings. The van der Waals surface area contributed by atoms with Crippen molar-refractivity contribution in [3.8, 4) is 12.3 Å². The monoisotopic (exact) mass is 155 g/mol. The van der Waals surface area contributed by atoms with Gasteiger partial charge in [-0.3, -0.25) is 4.79 Å². The molecule has 0 amide bonds. The van der Waals surface area contributed by atoms with Crippen LogP contribution >= 0.6 is 0 Å². The van der Waals surface area contributed by atoms with E-state index in [0.29, 0.717) is 25.8 Å². The Hall–Kier alpha value is -1.01. The van der Waals surface area contributed by atoms with Gasteiger partial charge < -0.3 is 10.8 Å². The van der Waals surface area contributed by atoms with Gasteiger partial charge in [-0.1, -0.05) is 0 Å². The van der Waals surface area contributed by atoms with Gasteiger partial charge in [-0.2, -0.15) is 0 Å². The summed E-state index contributed by atoms with van der Waals surface area (Å²) in [4.78, 5) is 10.5. The first-order chi connectivity index (χ1) is 5.22. The second kappa shape index (κ2) is 5.75. The average Bonchev–Trinajstić information content (AvgIpc) is 1.97. The molecule has 0 aromatic heterocycles. The largest absolute Gasteiger partial charge is 0.481 e. The summed E-state index contributed by atoms with van der Waals surface area (Å²) in [5.74, 6) is 1.24. The van der Waals surface area contributed by atoms with Crippen LogP contribution in [-0.2, 0) is 4.79 Å². The third-order valence-electron chi connectivity index (χ3n) is 1.50. The summed E-state index contributed by atoms with van der Waals surface area (Å²) in [5.41, 5.74) is 5.22. The highest BCUT2D eigenvalue weighted by Crippen LogP contribution is 2.09. The minimum absolute atomic E-state index is 0.365. The Morgan fingerprint density at radius 3 is 2.64 bits per heavy atom. The Labute approximate surface area is 66.6 Å². The number of hydrogen-bond donors (Lipinski definition) is 2. The Bertz CT molecular complexity index is 160. The van der Waals surface area contributed by atoms with Gasteiger partial charge in [0.15, 0.2) is 0 Å². The van der Waals surface area contributed by atoms with Gasteiger partial charge in [-0.15, -0.1) is 12.3 Å². The number of aliphatic carboxylic acids is 1. The molecule has 0 heterocycles. The van der Waals surface area contributed by atoms with Gasteiger partial charge in [-0.05, 0) is 19.4 Å². The molecule has 0 rings (SSSR count). The number of carboxylic acids is 1. The fourth-order valence-corrected chi connectivity index (χ4v) is 0.850. The topological polar surface area (TPSA) is 63.3 Å². The van der Waals surface area contributed by atoms with Crippen LogP contribution in [0.2, 0.25) is 0 Å². The van der Waals surface area contributed by atoms with Gasteiger partial charge >= 0.3 is 5.97 Å². The summed E-state index contributed by atoms with van der Waals surface area (Å²) in [7, 11) is 0. The molecule has 0 aromatic carbocycles. The Morgan fingerprint density at radius 1 is 1.64 bits per heavy atom. The predicted octanol–water partition coefficient (Wildman–Crippen LogP) is 0.449. The van der Waals surface area contributed by atoms with Crippen molar-refractivity contribution in [2.45, 2.75) is 19.3 Å². The van der Waals surface area contributed by atoms with Crippen LogP contribution < -0.4 is 5.73 Å². The molecule has 62 valence electrons. The maximum absolute atomic E-state index is 10.5. The minimum Gasteiger partial charge on any atom is -0.481 e. The van der Waals surface area contributed by atoms with Gasteiger partial charge in [0.25, 0.3) is 0 Å². The van der Waals surface area contributed by atoms with Crippen molar-refractivity contribution in [1.29, 1.82) is 0 Å². The summed E-state index contributed by atoms with van der Waals surface area (Å²) in [6.45, 7) is 0.404. The second-order valence-corrected chi connectivity index (χ2v) is 2.36. The molecule has 0 aliphatic carbocycles. The van der Waals surface area contributed by atoms with Crippen LogP contribution in [-0.4, -0.2) is 17.6 Å². The van der Waals surface area contributed by atoms with E-state index in [1.54, 1.807) is 0 Å². The van der Waals surface area contributed by atoms with E-state index in [1.807, 2.05) is 0 Å². The molecule has 0 radical (unpaired) electrons. The Balaban J connectivity index is 3.71. The summed E-state index contributed by atoms with van der Waals surface area (Å²) in [5, 5.41) is 8.61. The number of hydrogen-bond acceptors (Lipinski definition) is 2. The van der Waals surface area contributed by atoms with Gasteiger partial charge in [0.2, 0.25) is 0 Å². The number of terminal acetylenes is 1. The van der Waals surface area contributed by atoms with Gasteiger partial charge in [0.05, 0.1) is 5.92 Å². The second-order valence-electron chi connectivity index (χ2n) is 2.36. The summed E-state index contributed by atoms with van der Waals surface area (Å²) in [6, 6.07) is 0. The zero-order valence-corrected chi connectivity index (χ0v) is 6.42. The molecule has 3 N–H and O–H groups in total. The predicted molar refractivity (Wildman–Crippen MR) is 42.9 cm³/mol. The average molecular weight is 155 g/mol. The van der Waals surface area contributed by atoms with Gasteiger partial charge in [0.1, 0.15) is 0 Å². The molecule has 0 bridgehead atoms. The quantitative estimate of drug-likeness (QED) is 0.566. The number of carboxylic acid groups (broad SMARTS) is 1. The summed E-state index contributed by atoms with van der Waals surface area (Å²) in [6.07, 6.45) is 6.55. The highest BCUT2D eigenvalue weighted by molar-refractivity contribution is 5.69. The zero-order valence-electron chi connectivity index (χ0n) is 6.42. The van der Waals surface area contributed by atoms with Crippen LogP contribution in [0.5, 0.6) is 0 Å². The van der Waals surface area contributed by atoms with Crippen molar-refractivity contribution < 1.29 is 9.90 Å². The molecule has 0 aromatic rings. The van der Waals surface area contributed by atoms with E-state index in [9.17, 15) is 4.79 Å². The van der Waals surface area contributed by atoms with E-state index >= 15 is 0 Å². The number of nitrogens with two attached hydrogens (primary N) is 1. The molecule has 0 saturated carbocycles. The van der Waals surface area contributed by atoms with Crippen LogP contribution in [0.3, 0.4) is 0 Å². The van der Waals surface area contributed by atoms with Crippen molar-refractivity contribution in [3.63, 3.8) is 0 Å². The number of rotatable bonds is 5. The molecular weight excluding hydrogens is 142 g/mol. The van der Waals surface area contributed by atoms with E-state index in [-0.39, 0.29) is 5.92 Å². The molecule has 3 nitrogen and oxygen atoms in total. The molecule has 3 heteroatoms. The van der Waals surface area contributed by atoms with Gasteiger partial charge in [0, 0.05) is 6.42 Å². The Kier molecular flexibility index (Phi) is 5.22. The third kappa shape index (κ3) is 4.40. The SMILES string of the molecule is C#CCCC(CCN)C(=O)O. The molecule has 0 aliphatic heterocycles. The van der Waals surface area contributed by atoms with E-state index in [2.05, 4.69) is 5.92 Å². The molecule has 0 aliphatic rings. The van der Waals surface area contributed by atoms with Crippen molar-refractivity contribution in [3.05, 3.63) is 0 Å². The lowest BCUT2D eigenvalue weighted by Gasteiger charge is -2.07. The molecule has 0 spiro atoms. The minimum atomic E-state index is -0.800. The first-order valence-corrected chi connectivity index (χ1v) is 3.58. The van der Waals surface area contributed by atoms with Crippen molar-refractivity contribution >= 4 is 5.97 Å². The molecule has 11 heavy (non-hydrogen) atoms. The summed E-state index contributed by atoms with van der Waals surface area (Å²) < 4.78 is 0. The van der Waals surface area contributed by atoms with Crippen molar-refractivity contribution in [1.82, 2.24) is 0 Å². The van der Waals surface area contributed by atoms with Crippen molar-refractivity contribution in [2.24, 2.45) is 11.7 Å². The maximum atomic E-state index is 10.5. The zero-order chi connectivity index (χ0) is 8.69. The summed E-state index contributed by atoms with van der Waals surface area (Å²) >= 11 is 0. The molecule has 1 unspecified atom stereocenters. The third-order valence-corrected chi connectivity index (χ3v) is 1.50. The van der Waals surface area contributed by atoms with Crippen LogP contribution in [0, 0.1) is 18.3 Å².